The van der Waals surface area contributed by atoms with Crippen LogP contribution in [0.3, 0.4) is 0 Å². The van der Waals surface area contributed by atoms with Crippen molar-refractivity contribution in [2.24, 2.45) is 11.7 Å². The second kappa shape index (κ2) is 6.40. The van der Waals surface area contributed by atoms with Crippen LogP contribution >= 0.6 is 0 Å². The Morgan fingerprint density at radius 1 is 1.37 bits per heavy atom. The zero-order valence-electron chi connectivity index (χ0n) is 11.3. The van der Waals surface area contributed by atoms with E-state index in [1.165, 1.54) is 0 Å². The highest BCUT2D eigenvalue weighted by Gasteiger charge is 2.30. The maximum absolute atomic E-state index is 12.0. The number of nitrogens with two attached hydrogens (primary N) is 1. The largest absolute Gasteiger partial charge is 0.480 e. The van der Waals surface area contributed by atoms with Gasteiger partial charge < -0.3 is 21.1 Å². The van der Waals surface area contributed by atoms with E-state index < -0.39 is 30.4 Å². The van der Waals surface area contributed by atoms with Crippen LogP contribution in [0.15, 0.2) is 0 Å². The topological polar surface area (TPSA) is 113 Å². The predicted molar refractivity (Wildman–Crippen MR) is 68.3 cm³/mol. The minimum absolute atomic E-state index is 0.0687. The number of hydrogen-bond donors (Lipinski definition) is 3. The van der Waals surface area contributed by atoms with Crippen molar-refractivity contribution in [3.05, 3.63) is 0 Å². The monoisotopic (exact) mass is 271 g/mol. The van der Waals surface area contributed by atoms with Gasteiger partial charge in [0.25, 0.3) is 0 Å². The van der Waals surface area contributed by atoms with Crippen molar-refractivity contribution >= 4 is 17.9 Å². The molecule has 108 valence electrons. The van der Waals surface area contributed by atoms with Crippen LogP contribution in [0.5, 0.6) is 0 Å². The fourth-order valence-electron chi connectivity index (χ4n) is 2.20. The van der Waals surface area contributed by atoms with Crippen molar-refractivity contribution in [2.45, 2.75) is 45.2 Å². The number of nitrogens with zero attached hydrogens (tertiary/aromatic N) is 1. The molecule has 19 heavy (non-hydrogen) atoms. The average molecular weight is 271 g/mol. The molecule has 0 aromatic rings. The number of hydrogen-bond acceptors (Lipinski definition) is 3. The van der Waals surface area contributed by atoms with Crippen molar-refractivity contribution in [2.75, 3.05) is 6.54 Å². The lowest BCUT2D eigenvalue weighted by molar-refractivity contribution is -0.141. The Bertz CT molecular complexity index is 372. The lowest BCUT2D eigenvalue weighted by atomic mass is 9.95. The molecule has 0 spiro atoms. The van der Waals surface area contributed by atoms with Gasteiger partial charge in [0.05, 0.1) is 6.42 Å². The Morgan fingerprint density at radius 2 is 2.00 bits per heavy atom. The molecular formula is C12H21N3O4. The number of rotatable bonds is 4. The number of carboxylic acid groups (broad SMARTS) is 1. The van der Waals surface area contributed by atoms with Crippen LogP contribution in [0.1, 0.15) is 33.1 Å². The molecule has 1 heterocycles. The summed E-state index contributed by atoms with van der Waals surface area (Å²) in [7, 11) is 0. The zero-order chi connectivity index (χ0) is 14.6. The number of carbonyl (C=O) groups excluding carboxylic acids is 2. The quantitative estimate of drug-likeness (QED) is 0.675. The Kier molecular flexibility index (Phi) is 5.14. The van der Waals surface area contributed by atoms with Gasteiger partial charge in [0.2, 0.25) is 5.91 Å². The number of nitrogens with one attached hydrogen (secondary N) is 1. The summed E-state index contributed by atoms with van der Waals surface area (Å²) >= 11 is 0. The molecule has 1 rings (SSSR count). The molecule has 3 atom stereocenters. The van der Waals surface area contributed by atoms with E-state index in [1.54, 1.807) is 4.90 Å². The third-order valence-electron chi connectivity index (χ3n) is 3.38. The van der Waals surface area contributed by atoms with E-state index >= 15 is 0 Å². The number of aliphatic carboxylic acids is 1. The molecule has 7 nitrogen and oxygen atoms in total. The fourth-order valence-corrected chi connectivity index (χ4v) is 2.20. The van der Waals surface area contributed by atoms with Crippen molar-refractivity contribution in [1.82, 2.24) is 10.2 Å². The third kappa shape index (κ3) is 4.42. The Labute approximate surface area is 112 Å². The van der Waals surface area contributed by atoms with Gasteiger partial charge in [-0.05, 0) is 25.7 Å². The number of piperidine rings is 1. The van der Waals surface area contributed by atoms with Gasteiger partial charge in [0.1, 0.15) is 6.04 Å². The number of likely N-dealkylation sites (tertiary alicyclic amines) is 1. The van der Waals surface area contributed by atoms with E-state index in [0.29, 0.717) is 12.5 Å². The van der Waals surface area contributed by atoms with Crippen LogP contribution in [0.2, 0.25) is 0 Å². The number of amides is 3. The second-order valence-electron chi connectivity index (χ2n) is 5.19. The molecule has 1 fully saturated rings. The van der Waals surface area contributed by atoms with Crippen molar-refractivity contribution in [3.8, 4) is 0 Å². The SMILES string of the molecule is CC1CCC(C)N(C(=O)NC(CC(N)=O)C(=O)O)C1. The maximum atomic E-state index is 12.0. The summed E-state index contributed by atoms with van der Waals surface area (Å²) in [5.74, 6) is -1.63. The summed E-state index contributed by atoms with van der Waals surface area (Å²) in [5.41, 5.74) is 4.97. The number of primary amides is 1. The first-order chi connectivity index (χ1) is 8.81. The van der Waals surface area contributed by atoms with Gasteiger partial charge in [-0.25, -0.2) is 9.59 Å². The van der Waals surface area contributed by atoms with Crippen LogP contribution in [-0.2, 0) is 9.59 Å². The second-order valence-corrected chi connectivity index (χ2v) is 5.19. The summed E-state index contributed by atoms with van der Waals surface area (Å²) < 4.78 is 0. The highest BCUT2D eigenvalue weighted by atomic mass is 16.4. The first-order valence-corrected chi connectivity index (χ1v) is 6.39. The molecule has 3 unspecified atom stereocenters. The first kappa shape index (κ1) is 15.3. The molecule has 1 saturated heterocycles. The van der Waals surface area contributed by atoms with Gasteiger partial charge in [0.15, 0.2) is 0 Å². The van der Waals surface area contributed by atoms with E-state index in [9.17, 15) is 14.4 Å². The summed E-state index contributed by atoms with van der Waals surface area (Å²) in [6.45, 7) is 4.56. The smallest absolute Gasteiger partial charge is 0.326 e. The normalized spacial score (nSPS) is 24.6. The molecule has 0 bridgehead atoms. The highest BCUT2D eigenvalue weighted by molar-refractivity contribution is 5.87. The number of carbonyl (C=O) groups is 3. The molecule has 0 aromatic carbocycles. The van der Waals surface area contributed by atoms with Gasteiger partial charge >= 0.3 is 12.0 Å². The van der Waals surface area contributed by atoms with E-state index in [0.717, 1.165) is 12.8 Å². The average Bonchev–Trinajstić information content (AvgIpc) is 2.30. The van der Waals surface area contributed by atoms with Gasteiger partial charge in [0, 0.05) is 12.6 Å². The lowest BCUT2D eigenvalue weighted by Gasteiger charge is -2.37. The lowest BCUT2D eigenvalue weighted by Crippen LogP contribution is -2.54. The molecular weight excluding hydrogens is 250 g/mol. The third-order valence-corrected chi connectivity index (χ3v) is 3.38. The van der Waals surface area contributed by atoms with Crippen LogP contribution < -0.4 is 11.1 Å². The molecule has 4 N–H and O–H groups in total. The van der Waals surface area contributed by atoms with Crippen LogP contribution in [0.4, 0.5) is 4.79 Å². The zero-order valence-corrected chi connectivity index (χ0v) is 11.3. The Balaban J connectivity index is 2.65. The van der Waals surface area contributed by atoms with E-state index in [1.807, 2.05) is 13.8 Å². The van der Waals surface area contributed by atoms with Crippen molar-refractivity contribution in [3.63, 3.8) is 0 Å². The van der Waals surface area contributed by atoms with E-state index in [4.69, 9.17) is 10.8 Å². The van der Waals surface area contributed by atoms with Crippen LogP contribution in [-0.4, -0.2) is 46.5 Å². The van der Waals surface area contributed by atoms with E-state index in [2.05, 4.69) is 5.32 Å². The van der Waals surface area contributed by atoms with Gasteiger partial charge in [-0.3, -0.25) is 4.79 Å². The van der Waals surface area contributed by atoms with Gasteiger partial charge in [-0.15, -0.1) is 0 Å². The Hall–Kier alpha value is -1.79. The summed E-state index contributed by atoms with van der Waals surface area (Å²) in [6.07, 6.45) is 1.54. The summed E-state index contributed by atoms with van der Waals surface area (Å²) in [4.78, 5) is 35.4. The fraction of sp³-hybridized carbons (Fsp3) is 0.750. The molecule has 7 heteroatoms. The van der Waals surface area contributed by atoms with Gasteiger partial charge in [-0.1, -0.05) is 6.92 Å². The van der Waals surface area contributed by atoms with Crippen LogP contribution in [0.25, 0.3) is 0 Å². The molecule has 0 radical (unpaired) electrons. The van der Waals surface area contributed by atoms with Crippen molar-refractivity contribution in [1.29, 1.82) is 0 Å². The highest BCUT2D eigenvalue weighted by Crippen LogP contribution is 2.21. The molecule has 0 aromatic heterocycles. The molecule has 0 aliphatic carbocycles. The standard InChI is InChI=1S/C12H21N3O4/c1-7-3-4-8(2)15(6-7)12(19)14-9(11(17)18)5-10(13)16/h7-9H,3-6H2,1-2H3,(H2,13,16)(H,14,19)(H,17,18). The molecule has 1 aliphatic heterocycles. The van der Waals surface area contributed by atoms with Crippen LogP contribution in [0, 0.1) is 5.92 Å². The maximum Gasteiger partial charge on any atom is 0.326 e. The Morgan fingerprint density at radius 3 is 2.53 bits per heavy atom. The summed E-state index contributed by atoms with van der Waals surface area (Å²) in [5, 5.41) is 11.3. The summed E-state index contributed by atoms with van der Waals surface area (Å²) in [6, 6.07) is -1.65. The minimum Gasteiger partial charge on any atom is -0.480 e. The van der Waals surface area contributed by atoms with Gasteiger partial charge in [-0.2, -0.15) is 0 Å². The molecule has 1 aliphatic rings. The van der Waals surface area contributed by atoms with E-state index in [-0.39, 0.29) is 6.04 Å². The minimum atomic E-state index is -1.27. The number of carboxylic acids is 1. The molecule has 0 saturated carbocycles. The first-order valence-electron chi connectivity index (χ1n) is 6.39. The van der Waals surface area contributed by atoms with Crippen molar-refractivity contribution < 1.29 is 19.5 Å². The predicted octanol–water partition coefficient (Wildman–Crippen LogP) is 0.145. The number of urea groups is 1. The molecule has 3 amide bonds.